The van der Waals surface area contributed by atoms with Crippen molar-refractivity contribution in [1.82, 2.24) is 19.8 Å². The van der Waals surface area contributed by atoms with Gasteiger partial charge in [-0.1, -0.05) is 47.1 Å². The highest BCUT2D eigenvalue weighted by Crippen LogP contribution is 2.23. The van der Waals surface area contributed by atoms with Gasteiger partial charge in [0.25, 0.3) is 0 Å². The lowest BCUT2D eigenvalue weighted by Crippen LogP contribution is -2.18. The normalized spacial score (nSPS) is 11.4. The molecule has 0 radical (unpaired) electrons. The predicted molar refractivity (Wildman–Crippen MR) is 98.7 cm³/mol. The first-order valence-corrected chi connectivity index (χ1v) is 8.69. The third kappa shape index (κ3) is 3.94. The fourth-order valence-corrected chi connectivity index (χ4v) is 3.25. The predicted octanol–water partition coefficient (Wildman–Crippen LogP) is 4.13. The van der Waals surface area contributed by atoms with Crippen LogP contribution in [0, 0.1) is 20.8 Å². The molecule has 3 rings (SSSR count). The van der Waals surface area contributed by atoms with E-state index < -0.39 is 0 Å². The monoisotopic (exact) mass is 358 g/mol. The Hall–Kier alpha value is -2.11. The van der Waals surface area contributed by atoms with Crippen LogP contribution in [0.5, 0.6) is 0 Å². The van der Waals surface area contributed by atoms with Crippen molar-refractivity contribution in [2.24, 2.45) is 0 Å². The minimum absolute atomic E-state index is 0.675. The second-order valence-corrected chi connectivity index (χ2v) is 6.83. The van der Waals surface area contributed by atoms with E-state index in [1.807, 2.05) is 43.7 Å². The van der Waals surface area contributed by atoms with E-state index in [9.17, 15) is 0 Å². The van der Waals surface area contributed by atoms with E-state index >= 15 is 0 Å². The molecule has 2 aromatic heterocycles. The highest BCUT2D eigenvalue weighted by Gasteiger charge is 2.17. The number of nitrogens with zero attached hydrogens (tertiary/aromatic N) is 4. The van der Waals surface area contributed by atoms with Crippen molar-refractivity contribution in [3.05, 3.63) is 69.3 Å². The third-order valence-electron chi connectivity index (χ3n) is 4.40. The third-order valence-corrected chi connectivity index (χ3v) is 4.82. The lowest BCUT2D eigenvalue weighted by molar-refractivity contribution is 0.314. The van der Waals surface area contributed by atoms with Gasteiger partial charge in [-0.3, -0.25) is 4.90 Å². The van der Waals surface area contributed by atoms with Crippen LogP contribution in [0.2, 0.25) is 5.15 Å². The van der Waals surface area contributed by atoms with Crippen LogP contribution in [-0.2, 0) is 19.6 Å². The summed E-state index contributed by atoms with van der Waals surface area (Å²) < 4.78 is 7.11. The summed E-state index contributed by atoms with van der Waals surface area (Å²) in [6.45, 7) is 8.08. The molecule has 132 valence electrons. The second-order valence-electron chi connectivity index (χ2n) is 6.47. The Morgan fingerprint density at radius 3 is 2.36 bits per heavy atom. The number of halogens is 1. The summed E-state index contributed by atoms with van der Waals surface area (Å²) in [5.74, 6) is 0.868. The minimum Gasteiger partial charge on any atom is -0.361 e. The van der Waals surface area contributed by atoms with Gasteiger partial charge in [-0.15, -0.1) is 0 Å². The molecule has 0 unspecified atom stereocenters. The van der Waals surface area contributed by atoms with Crippen molar-refractivity contribution in [2.45, 2.75) is 40.4 Å². The van der Waals surface area contributed by atoms with E-state index in [0.29, 0.717) is 11.7 Å². The molecule has 0 aliphatic heterocycles. The van der Waals surface area contributed by atoms with E-state index in [4.69, 9.17) is 16.1 Å². The molecule has 0 aliphatic rings. The van der Waals surface area contributed by atoms with Crippen LogP contribution >= 0.6 is 11.6 Å². The quantitative estimate of drug-likeness (QED) is 0.664. The van der Waals surface area contributed by atoms with Crippen LogP contribution in [0.4, 0.5) is 0 Å². The number of hydrogen-bond acceptors (Lipinski definition) is 4. The molecule has 25 heavy (non-hydrogen) atoms. The van der Waals surface area contributed by atoms with Gasteiger partial charge in [0.05, 0.1) is 17.9 Å². The molecule has 0 bridgehead atoms. The van der Waals surface area contributed by atoms with Crippen molar-refractivity contribution in [3.63, 3.8) is 0 Å². The first-order chi connectivity index (χ1) is 12.0. The highest BCUT2D eigenvalue weighted by atomic mass is 35.5. The lowest BCUT2D eigenvalue weighted by Gasteiger charge is -2.16. The Morgan fingerprint density at radius 1 is 1.04 bits per heavy atom. The summed E-state index contributed by atoms with van der Waals surface area (Å²) in [5.41, 5.74) is 5.28. The fourth-order valence-electron chi connectivity index (χ4n) is 2.95. The Labute approximate surface area is 153 Å². The van der Waals surface area contributed by atoms with Gasteiger partial charge < -0.3 is 4.52 Å². The van der Waals surface area contributed by atoms with Crippen molar-refractivity contribution < 1.29 is 4.52 Å². The Kier molecular flexibility index (Phi) is 5.25. The van der Waals surface area contributed by atoms with Crippen molar-refractivity contribution in [3.8, 4) is 0 Å². The zero-order valence-electron chi connectivity index (χ0n) is 15.1. The van der Waals surface area contributed by atoms with Gasteiger partial charge in [0, 0.05) is 24.2 Å². The van der Waals surface area contributed by atoms with Gasteiger partial charge in [0.1, 0.15) is 10.9 Å². The maximum Gasteiger partial charge on any atom is 0.138 e. The first-order valence-electron chi connectivity index (χ1n) is 8.31. The molecule has 0 N–H and O–H groups in total. The van der Waals surface area contributed by atoms with Gasteiger partial charge in [-0.25, -0.2) is 4.68 Å². The fraction of sp³-hybridized carbons (Fsp3) is 0.368. The van der Waals surface area contributed by atoms with E-state index in [0.717, 1.165) is 41.4 Å². The SMILES string of the molecule is Cc1noc(C)c1CN(C)Cc1c(C)nn(Cc2ccccc2)c1Cl. The zero-order valence-corrected chi connectivity index (χ0v) is 15.8. The molecule has 0 spiro atoms. The molecule has 0 fully saturated rings. The van der Waals surface area contributed by atoms with E-state index in [1.54, 1.807) is 0 Å². The number of aryl methyl sites for hydroxylation is 3. The van der Waals surface area contributed by atoms with E-state index in [2.05, 4.69) is 34.3 Å². The van der Waals surface area contributed by atoms with Crippen LogP contribution in [0.3, 0.4) is 0 Å². The molecule has 6 heteroatoms. The minimum atomic E-state index is 0.675. The average molecular weight is 359 g/mol. The Morgan fingerprint density at radius 2 is 1.72 bits per heavy atom. The molecular weight excluding hydrogens is 336 g/mol. The molecule has 5 nitrogen and oxygen atoms in total. The van der Waals surface area contributed by atoms with Crippen LogP contribution in [0.15, 0.2) is 34.9 Å². The summed E-state index contributed by atoms with van der Waals surface area (Å²) in [6, 6.07) is 10.2. The maximum absolute atomic E-state index is 6.61. The summed E-state index contributed by atoms with van der Waals surface area (Å²) in [5, 5.41) is 9.34. The Bertz CT molecular complexity index is 834. The standard InChI is InChI=1S/C19H23ClN4O/c1-13-18(12-23(4)11-17-14(2)22-25-15(17)3)19(20)24(21-13)10-16-8-6-5-7-9-16/h5-9H,10-12H2,1-4H3. The van der Waals surface area contributed by atoms with Gasteiger partial charge in [0.15, 0.2) is 0 Å². The summed E-state index contributed by atoms with van der Waals surface area (Å²) in [6.07, 6.45) is 0. The van der Waals surface area contributed by atoms with Crippen LogP contribution in [-0.4, -0.2) is 26.9 Å². The lowest BCUT2D eigenvalue weighted by atomic mass is 10.2. The van der Waals surface area contributed by atoms with Gasteiger partial charge >= 0.3 is 0 Å². The molecule has 3 aromatic rings. The zero-order chi connectivity index (χ0) is 18.0. The number of benzene rings is 1. The number of hydrogen-bond donors (Lipinski definition) is 0. The number of aromatic nitrogens is 3. The molecule has 0 amide bonds. The van der Waals surface area contributed by atoms with Crippen molar-refractivity contribution in [2.75, 3.05) is 7.05 Å². The Balaban J connectivity index is 1.74. The van der Waals surface area contributed by atoms with E-state index in [-0.39, 0.29) is 0 Å². The first kappa shape index (κ1) is 17.7. The average Bonchev–Trinajstić information content (AvgIpc) is 3.03. The largest absolute Gasteiger partial charge is 0.361 e. The smallest absolute Gasteiger partial charge is 0.138 e. The topological polar surface area (TPSA) is 47.1 Å². The molecule has 1 aromatic carbocycles. The number of rotatable bonds is 6. The van der Waals surface area contributed by atoms with Gasteiger partial charge in [-0.05, 0) is 33.4 Å². The summed E-state index contributed by atoms with van der Waals surface area (Å²) >= 11 is 6.61. The second kappa shape index (κ2) is 7.42. The molecule has 0 aliphatic carbocycles. The van der Waals surface area contributed by atoms with Crippen LogP contribution < -0.4 is 0 Å². The molecule has 0 saturated heterocycles. The highest BCUT2D eigenvalue weighted by molar-refractivity contribution is 6.30. The van der Waals surface area contributed by atoms with Crippen LogP contribution in [0.1, 0.15) is 33.8 Å². The molecular formula is C19H23ClN4O. The summed E-state index contributed by atoms with van der Waals surface area (Å²) in [4.78, 5) is 2.20. The van der Waals surface area contributed by atoms with Gasteiger partial charge in [-0.2, -0.15) is 5.10 Å². The van der Waals surface area contributed by atoms with E-state index in [1.165, 1.54) is 5.56 Å². The van der Waals surface area contributed by atoms with Gasteiger partial charge in [0.2, 0.25) is 0 Å². The summed E-state index contributed by atoms with van der Waals surface area (Å²) in [7, 11) is 2.07. The molecule has 0 atom stereocenters. The maximum atomic E-state index is 6.61. The van der Waals surface area contributed by atoms with Crippen molar-refractivity contribution >= 4 is 11.6 Å². The molecule has 2 heterocycles. The molecule has 0 saturated carbocycles. The van der Waals surface area contributed by atoms with Crippen LogP contribution in [0.25, 0.3) is 0 Å². The van der Waals surface area contributed by atoms with Crippen molar-refractivity contribution in [1.29, 1.82) is 0 Å².